The minimum Gasteiger partial charge on any atom is -0.469 e. The number of methoxy groups -OCH3 is 1. The minimum atomic E-state index is -0.100. The summed E-state index contributed by atoms with van der Waals surface area (Å²) in [6, 6.07) is 8.19. The van der Waals surface area contributed by atoms with E-state index in [4.69, 9.17) is 4.74 Å². The molecule has 1 heterocycles. The highest BCUT2D eigenvalue weighted by atomic mass is 79.9. The van der Waals surface area contributed by atoms with Crippen molar-refractivity contribution in [2.75, 3.05) is 27.2 Å². The van der Waals surface area contributed by atoms with Crippen LogP contribution in [0.5, 0.6) is 0 Å². The molecule has 0 unspecified atom stereocenters. The van der Waals surface area contributed by atoms with E-state index in [2.05, 4.69) is 43.3 Å². The van der Waals surface area contributed by atoms with Gasteiger partial charge in [-0.3, -0.25) is 9.79 Å². The number of carbonyl (C=O) groups is 1. The molecule has 1 fully saturated rings. The summed E-state index contributed by atoms with van der Waals surface area (Å²) in [6.45, 7) is 2.36. The maximum atomic E-state index is 11.6. The summed E-state index contributed by atoms with van der Waals surface area (Å²) >= 11 is 3.48. The fourth-order valence-corrected chi connectivity index (χ4v) is 3.10. The molecule has 0 amide bonds. The third-order valence-electron chi connectivity index (χ3n) is 3.88. The lowest BCUT2D eigenvalue weighted by Gasteiger charge is -2.33. The average molecular weight is 368 g/mol. The van der Waals surface area contributed by atoms with Crippen LogP contribution < -0.4 is 5.32 Å². The Balaban J connectivity index is 1.87. The number of hydrogen-bond acceptors (Lipinski definition) is 3. The molecule has 1 aliphatic heterocycles. The van der Waals surface area contributed by atoms with Crippen LogP contribution in [0, 0.1) is 5.92 Å². The van der Waals surface area contributed by atoms with Crippen LogP contribution in [-0.2, 0) is 16.1 Å². The molecule has 1 N–H and O–H groups in total. The number of piperidine rings is 1. The van der Waals surface area contributed by atoms with Gasteiger partial charge in [0, 0.05) is 31.2 Å². The summed E-state index contributed by atoms with van der Waals surface area (Å²) in [5.41, 5.74) is 1.19. The molecule has 2 rings (SSSR count). The molecule has 1 aromatic rings. The second kappa shape index (κ2) is 8.17. The molecule has 0 bridgehead atoms. The molecule has 0 spiro atoms. The van der Waals surface area contributed by atoms with Crippen molar-refractivity contribution < 1.29 is 9.53 Å². The highest BCUT2D eigenvalue weighted by Gasteiger charge is 2.26. The van der Waals surface area contributed by atoms with Gasteiger partial charge in [0.2, 0.25) is 0 Å². The van der Waals surface area contributed by atoms with Gasteiger partial charge in [0.1, 0.15) is 0 Å². The van der Waals surface area contributed by atoms with E-state index in [0.29, 0.717) is 0 Å². The standard InChI is InChI=1S/C16H22BrN3O2/c1-18-16(19-11-12-4-3-5-14(17)10-12)20-8-6-13(7-9-20)15(21)22-2/h3-5,10,13H,6-9,11H2,1-2H3,(H,18,19). The number of esters is 1. The lowest BCUT2D eigenvalue weighted by Crippen LogP contribution is -2.46. The number of ether oxygens (including phenoxy) is 1. The first-order chi connectivity index (χ1) is 10.6. The number of nitrogens with one attached hydrogen (secondary N) is 1. The van der Waals surface area contributed by atoms with Gasteiger partial charge in [-0.25, -0.2) is 0 Å². The second-order valence-corrected chi connectivity index (χ2v) is 6.23. The van der Waals surface area contributed by atoms with Crippen molar-refractivity contribution in [1.29, 1.82) is 0 Å². The fourth-order valence-electron chi connectivity index (χ4n) is 2.65. The van der Waals surface area contributed by atoms with Crippen molar-refractivity contribution in [2.45, 2.75) is 19.4 Å². The van der Waals surface area contributed by atoms with Gasteiger partial charge in [-0.05, 0) is 30.5 Å². The Bertz CT molecular complexity index is 540. The molecule has 22 heavy (non-hydrogen) atoms. The third-order valence-corrected chi connectivity index (χ3v) is 4.37. The van der Waals surface area contributed by atoms with E-state index in [-0.39, 0.29) is 11.9 Å². The van der Waals surface area contributed by atoms with Crippen LogP contribution in [0.15, 0.2) is 33.7 Å². The molecule has 0 saturated carbocycles. The van der Waals surface area contributed by atoms with Crippen LogP contribution in [0.25, 0.3) is 0 Å². The van der Waals surface area contributed by atoms with Crippen molar-refractivity contribution in [3.05, 3.63) is 34.3 Å². The minimum absolute atomic E-state index is 0.0180. The van der Waals surface area contributed by atoms with Crippen LogP contribution in [0.1, 0.15) is 18.4 Å². The van der Waals surface area contributed by atoms with Crippen molar-refractivity contribution in [3.8, 4) is 0 Å². The van der Waals surface area contributed by atoms with Gasteiger partial charge in [0.15, 0.2) is 5.96 Å². The Labute approximate surface area is 139 Å². The summed E-state index contributed by atoms with van der Waals surface area (Å²) in [6.07, 6.45) is 1.62. The van der Waals surface area contributed by atoms with Crippen LogP contribution >= 0.6 is 15.9 Å². The van der Waals surface area contributed by atoms with Crippen LogP contribution in [0.4, 0.5) is 0 Å². The van der Waals surface area contributed by atoms with Gasteiger partial charge in [0.05, 0.1) is 13.0 Å². The molecule has 0 aliphatic carbocycles. The van der Waals surface area contributed by atoms with E-state index < -0.39 is 0 Å². The summed E-state index contributed by atoms with van der Waals surface area (Å²) in [5.74, 6) is 0.796. The number of guanidine groups is 1. The second-order valence-electron chi connectivity index (χ2n) is 5.32. The van der Waals surface area contributed by atoms with Crippen LogP contribution in [-0.4, -0.2) is 44.1 Å². The fraction of sp³-hybridized carbons (Fsp3) is 0.500. The summed E-state index contributed by atoms with van der Waals surface area (Å²) in [7, 11) is 3.24. The van der Waals surface area contributed by atoms with Gasteiger partial charge >= 0.3 is 5.97 Å². The van der Waals surface area contributed by atoms with E-state index >= 15 is 0 Å². The third kappa shape index (κ3) is 4.47. The molecule has 0 aromatic heterocycles. The van der Waals surface area contributed by atoms with Gasteiger partial charge in [0.25, 0.3) is 0 Å². The Morgan fingerprint density at radius 2 is 2.18 bits per heavy atom. The van der Waals surface area contributed by atoms with Crippen molar-refractivity contribution in [2.24, 2.45) is 10.9 Å². The van der Waals surface area contributed by atoms with Crippen molar-refractivity contribution >= 4 is 27.9 Å². The summed E-state index contributed by atoms with van der Waals surface area (Å²) < 4.78 is 5.89. The van der Waals surface area contributed by atoms with Gasteiger partial charge in [-0.15, -0.1) is 0 Å². The maximum Gasteiger partial charge on any atom is 0.308 e. The molecular weight excluding hydrogens is 346 g/mol. The Hall–Kier alpha value is -1.56. The largest absolute Gasteiger partial charge is 0.469 e. The maximum absolute atomic E-state index is 11.6. The SMILES string of the molecule is CN=C(NCc1cccc(Br)c1)N1CCC(C(=O)OC)CC1. The first kappa shape index (κ1) is 16.8. The highest BCUT2D eigenvalue weighted by Crippen LogP contribution is 2.18. The van der Waals surface area contributed by atoms with Gasteiger partial charge in [-0.1, -0.05) is 28.1 Å². The van der Waals surface area contributed by atoms with E-state index in [1.54, 1.807) is 7.05 Å². The van der Waals surface area contributed by atoms with Crippen LogP contribution in [0.3, 0.4) is 0 Å². The zero-order chi connectivity index (χ0) is 15.9. The Morgan fingerprint density at radius 3 is 2.77 bits per heavy atom. The van der Waals surface area contributed by atoms with E-state index in [1.165, 1.54) is 12.7 Å². The zero-order valence-corrected chi connectivity index (χ0v) is 14.6. The molecule has 1 aromatic carbocycles. The van der Waals surface area contributed by atoms with Crippen LogP contribution in [0.2, 0.25) is 0 Å². The monoisotopic (exact) mass is 367 g/mol. The number of hydrogen-bond donors (Lipinski definition) is 1. The Kier molecular flexibility index (Phi) is 6.24. The molecule has 6 heteroatoms. The topological polar surface area (TPSA) is 53.9 Å². The molecular formula is C16H22BrN3O2. The predicted molar refractivity (Wildman–Crippen MR) is 90.7 cm³/mol. The van der Waals surface area contributed by atoms with Crippen molar-refractivity contribution in [3.63, 3.8) is 0 Å². The highest BCUT2D eigenvalue weighted by molar-refractivity contribution is 9.10. The molecule has 5 nitrogen and oxygen atoms in total. The lowest BCUT2D eigenvalue weighted by molar-refractivity contribution is -0.146. The average Bonchev–Trinajstić information content (AvgIpc) is 2.55. The number of halogens is 1. The summed E-state index contributed by atoms with van der Waals surface area (Å²) in [5, 5.41) is 3.38. The van der Waals surface area contributed by atoms with Crippen molar-refractivity contribution in [1.82, 2.24) is 10.2 Å². The predicted octanol–water partition coefficient (Wildman–Crippen LogP) is 2.41. The summed E-state index contributed by atoms with van der Waals surface area (Å²) in [4.78, 5) is 18.1. The number of aliphatic imine (C=N–C) groups is 1. The van der Waals surface area contributed by atoms with Gasteiger partial charge < -0.3 is 15.0 Å². The number of carbonyl (C=O) groups excluding carboxylic acids is 1. The zero-order valence-electron chi connectivity index (χ0n) is 13.0. The molecule has 1 saturated heterocycles. The normalized spacial score (nSPS) is 16.5. The number of nitrogens with zero attached hydrogens (tertiary/aromatic N) is 2. The molecule has 0 radical (unpaired) electrons. The molecule has 120 valence electrons. The Morgan fingerprint density at radius 1 is 1.45 bits per heavy atom. The van der Waals surface area contributed by atoms with E-state index in [0.717, 1.165) is 42.9 Å². The molecule has 0 atom stereocenters. The number of rotatable bonds is 3. The lowest BCUT2D eigenvalue weighted by atomic mass is 9.97. The van der Waals surface area contributed by atoms with E-state index in [9.17, 15) is 4.79 Å². The van der Waals surface area contributed by atoms with E-state index in [1.807, 2.05) is 12.1 Å². The molecule has 1 aliphatic rings. The smallest absolute Gasteiger partial charge is 0.308 e. The van der Waals surface area contributed by atoms with Gasteiger partial charge in [-0.2, -0.15) is 0 Å². The number of likely N-dealkylation sites (tertiary alicyclic amines) is 1. The first-order valence-corrected chi connectivity index (χ1v) is 8.21. The number of benzene rings is 1. The first-order valence-electron chi connectivity index (χ1n) is 7.42. The quantitative estimate of drug-likeness (QED) is 0.506.